The number of nitrogens with one attached hydrogen (secondary N) is 1. The minimum Gasteiger partial charge on any atom is -0.386 e. The zero-order valence-electron chi connectivity index (χ0n) is 11.2. The number of anilines is 1. The molecule has 0 atom stereocenters. The van der Waals surface area contributed by atoms with Gasteiger partial charge in [-0.2, -0.15) is 0 Å². The first-order chi connectivity index (χ1) is 10.6. The third kappa shape index (κ3) is 4.91. The Balaban J connectivity index is 1.84. The van der Waals surface area contributed by atoms with E-state index in [9.17, 15) is 4.79 Å². The van der Waals surface area contributed by atoms with Gasteiger partial charge < -0.3 is 10.2 Å². The maximum absolute atomic E-state index is 11.7. The fourth-order valence-electron chi connectivity index (χ4n) is 1.57. The Bertz CT molecular complexity index is 705. The molecule has 0 aliphatic heterocycles. The number of nitrogens with zero attached hydrogens (tertiary/aromatic N) is 1. The third-order valence-corrected chi connectivity index (χ3v) is 3.62. The second-order valence-electron chi connectivity index (χ2n) is 4.21. The van der Waals surface area contributed by atoms with Gasteiger partial charge in [0.1, 0.15) is 0 Å². The summed E-state index contributed by atoms with van der Waals surface area (Å²) in [6.45, 7) is -0.235. The summed E-state index contributed by atoms with van der Waals surface area (Å²) < 4.78 is 0. The summed E-state index contributed by atoms with van der Waals surface area (Å²) in [5, 5.41) is 7.65. The molecule has 22 heavy (non-hydrogen) atoms. The molecular weight excluding hydrogens is 347 g/mol. The zero-order chi connectivity index (χ0) is 15.9. The summed E-state index contributed by atoms with van der Waals surface area (Å²) in [6, 6.07) is 11.9. The second-order valence-corrected chi connectivity index (χ2v) is 5.43. The summed E-state index contributed by atoms with van der Waals surface area (Å²) >= 11 is 17.7. The normalized spacial score (nSPS) is 10.7. The highest BCUT2D eigenvalue weighted by Crippen LogP contribution is 2.24. The second kappa shape index (κ2) is 8.03. The van der Waals surface area contributed by atoms with Gasteiger partial charge in [0.2, 0.25) is 0 Å². The minimum absolute atomic E-state index is 0.235. The Hall–Kier alpha value is -1.75. The van der Waals surface area contributed by atoms with Gasteiger partial charge in [-0.25, -0.2) is 0 Å². The molecule has 4 nitrogen and oxygen atoms in total. The van der Waals surface area contributed by atoms with Crippen molar-refractivity contribution < 1.29 is 9.63 Å². The molecule has 0 unspecified atom stereocenters. The average molecular weight is 358 g/mol. The summed E-state index contributed by atoms with van der Waals surface area (Å²) in [6.07, 6.45) is 1.39. The fraction of sp³-hybridized carbons (Fsp3) is 0.0667. The molecule has 2 rings (SSSR count). The molecule has 0 saturated carbocycles. The minimum atomic E-state index is -0.350. The number of carbonyl (C=O) groups excluding carboxylic acids is 1. The average Bonchev–Trinajstić information content (AvgIpc) is 2.48. The van der Waals surface area contributed by atoms with E-state index in [2.05, 4.69) is 10.5 Å². The van der Waals surface area contributed by atoms with Crippen molar-refractivity contribution in [2.75, 3.05) is 11.9 Å². The van der Waals surface area contributed by atoms with Gasteiger partial charge in [-0.15, -0.1) is 0 Å². The van der Waals surface area contributed by atoms with Crippen LogP contribution in [0.3, 0.4) is 0 Å². The van der Waals surface area contributed by atoms with Crippen LogP contribution in [0.4, 0.5) is 5.69 Å². The number of amides is 1. The first-order valence-electron chi connectivity index (χ1n) is 6.21. The molecule has 1 amide bonds. The molecular formula is C15H11Cl3N2O2. The van der Waals surface area contributed by atoms with Crippen molar-refractivity contribution in [1.29, 1.82) is 0 Å². The van der Waals surface area contributed by atoms with E-state index in [-0.39, 0.29) is 12.5 Å². The van der Waals surface area contributed by atoms with Crippen LogP contribution >= 0.6 is 34.8 Å². The molecule has 7 heteroatoms. The lowest BCUT2D eigenvalue weighted by Crippen LogP contribution is -2.16. The van der Waals surface area contributed by atoms with Crippen molar-refractivity contribution in [1.82, 2.24) is 0 Å². The molecule has 2 aromatic carbocycles. The maximum atomic E-state index is 11.7. The molecule has 1 N–H and O–H groups in total. The van der Waals surface area contributed by atoms with Crippen LogP contribution in [-0.4, -0.2) is 18.7 Å². The van der Waals surface area contributed by atoms with Gasteiger partial charge in [-0.05, 0) is 24.3 Å². The predicted octanol–water partition coefficient (Wildman–Crippen LogP) is 4.64. The van der Waals surface area contributed by atoms with Crippen LogP contribution in [0.25, 0.3) is 0 Å². The van der Waals surface area contributed by atoms with Gasteiger partial charge in [-0.1, -0.05) is 58.2 Å². The topological polar surface area (TPSA) is 50.7 Å². The highest BCUT2D eigenvalue weighted by Gasteiger charge is 2.04. The standard InChI is InChI=1S/C15H11Cl3N2O2/c16-11-4-2-5-12(7-11)20-14(21)9-22-19-8-10-3-1-6-13(17)15(10)18/h1-8H,9H2,(H,20,21)/b19-8-. The van der Waals surface area contributed by atoms with Crippen molar-refractivity contribution in [2.24, 2.45) is 5.16 Å². The number of rotatable bonds is 5. The molecule has 0 radical (unpaired) electrons. The van der Waals surface area contributed by atoms with Gasteiger partial charge in [0.15, 0.2) is 6.61 Å². The van der Waals surface area contributed by atoms with Crippen LogP contribution in [0.5, 0.6) is 0 Å². The number of hydrogen-bond donors (Lipinski definition) is 1. The fourth-order valence-corrected chi connectivity index (χ4v) is 2.12. The number of oxime groups is 1. The van der Waals surface area contributed by atoms with Crippen LogP contribution < -0.4 is 5.32 Å². The highest BCUT2D eigenvalue weighted by atomic mass is 35.5. The van der Waals surface area contributed by atoms with Gasteiger partial charge >= 0.3 is 0 Å². The quantitative estimate of drug-likeness (QED) is 0.626. The summed E-state index contributed by atoms with van der Waals surface area (Å²) in [7, 11) is 0. The third-order valence-electron chi connectivity index (χ3n) is 2.55. The molecule has 114 valence electrons. The molecule has 0 aliphatic carbocycles. The molecule has 0 spiro atoms. The van der Waals surface area contributed by atoms with E-state index in [1.807, 2.05) is 0 Å². The maximum Gasteiger partial charge on any atom is 0.265 e. The number of halogens is 3. The number of hydrogen-bond acceptors (Lipinski definition) is 3. The van der Waals surface area contributed by atoms with Crippen LogP contribution in [0.2, 0.25) is 15.1 Å². The van der Waals surface area contributed by atoms with E-state index in [1.54, 1.807) is 42.5 Å². The van der Waals surface area contributed by atoms with Crippen LogP contribution in [0.15, 0.2) is 47.6 Å². The first kappa shape index (κ1) is 16.6. The molecule has 2 aromatic rings. The van der Waals surface area contributed by atoms with E-state index >= 15 is 0 Å². The first-order valence-corrected chi connectivity index (χ1v) is 7.34. The van der Waals surface area contributed by atoms with Crippen LogP contribution in [-0.2, 0) is 9.63 Å². The molecule has 0 bridgehead atoms. The van der Waals surface area contributed by atoms with Crippen LogP contribution in [0.1, 0.15) is 5.56 Å². The number of benzene rings is 2. The van der Waals surface area contributed by atoms with Crippen molar-refractivity contribution in [3.63, 3.8) is 0 Å². The monoisotopic (exact) mass is 356 g/mol. The lowest BCUT2D eigenvalue weighted by atomic mass is 10.2. The Morgan fingerprint density at radius 1 is 1.18 bits per heavy atom. The molecule has 0 heterocycles. The lowest BCUT2D eigenvalue weighted by molar-refractivity contribution is -0.120. The van der Waals surface area contributed by atoms with Crippen molar-refractivity contribution >= 4 is 52.6 Å². The van der Waals surface area contributed by atoms with E-state index in [0.717, 1.165) is 0 Å². The Kier molecular flexibility index (Phi) is 6.07. The van der Waals surface area contributed by atoms with E-state index < -0.39 is 0 Å². The van der Waals surface area contributed by atoms with Gasteiger partial charge in [0.05, 0.1) is 16.3 Å². The van der Waals surface area contributed by atoms with E-state index in [1.165, 1.54) is 6.21 Å². The Labute approximate surface area is 142 Å². The van der Waals surface area contributed by atoms with Gasteiger partial charge in [0.25, 0.3) is 5.91 Å². The van der Waals surface area contributed by atoms with Crippen molar-refractivity contribution in [2.45, 2.75) is 0 Å². The molecule has 0 saturated heterocycles. The van der Waals surface area contributed by atoms with E-state index in [4.69, 9.17) is 39.6 Å². The highest BCUT2D eigenvalue weighted by molar-refractivity contribution is 6.43. The lowest BCUT2D eigenvalue weighted by Gasteiger charge is -2.04. The zero-order valence-corrected chi connectivity index (χ0v) is 13.5. The summed E-state index contributed by atoms with van der Waals surface area (Å²) in [4.78, 5) is 16.6. The van der Waals surface area contributed by atoms with Crippen molar-refractivity contribution in [3.8, 4) is 0 Å². The summed E-state index contributed by atoms with van der Waals surface area (Å²) in [5.74, 6) is -0.350. The van der Waals surface area contributed by atoms with Gasteiger partial charge in [0, 0.05) is 16.3 Å². The van der Waals surface area contributed by atoms with Crippen molar-refractivity contribution in [3.05, 3.63) is 63.1 Å². The number of carbonyl (C=O) groups is 1. The SMILES string of the molecule is O=C(CO/N=C\c1cccc(Cl)c1Cl)Nc1cccc(Cl)c1. The predicted molar refractivity (Wildman–Crippen MR) is 90.1 cm³/mol. The molecule has 0 fully saturated rings. The largest absolute Gasteiger partial charge is 0.386 e. The van der Waals surface area contributed by atoms with E-state index in [0.29, 0.717) is 26.3 Å². The smallest absolute Gasteiger partial charge is 0.265 e. The molecule has 0 aliphatic rings. The van der Waals surface area contributed by atoms with Crippen LogP contribution in [0, 0.1) is 0 Å². The summed E-state index contributed by atoms with van der Waals surface area (Å²) in [5.41, 5.74) is 1.19. The molecule has 0 aromatic heterocycles. The Morgan fingerprint density at radius 3 is 2.73 bits per heavy atom. The Morgan fingerprint density at radius 2 is 1.95 bits per heavy atom. The van der Waals surface area contributed by atoms with Gasteiger partial charge in [-0.3, -0.25) is 4.79 Å².